The molecule has 0 aromatic heterocycles. The molecule has 0 unspecified atom stereocenters. The van der Waals surface area contributed by atoms with Crippen molar-refractivity contribution in [1.82, 2.24) is 4.90 Å². The van der Waals surface area contributed by atoms with Crippen LogP contribution >= 0.6 is 35.0 Å². The molecule has 0 aliphatic carbocycles. The van der Waals surface area contributed by atoms with Crippen LogP contribution in [0.2, 0.25) is 10.0 Å². The van der Waals surface area contributed by atoms with Crippen LogP contribution in [0.5, 0.6) is 0 Å². The van der Waals surface area contributed by atoms with Gasteiger partial charge in [-0.25, -0.2) is 4.39 Å². The van der Waals surface area contributed by atoms with Crippen LogP contribution < -0.4 is 0 Å². The third-order valence-corrected chi connectivity index (χ3v) is 5.01. The molecule has 2 amide bonds. The summed E-state index contributed by atoms with van der Waals surface area (Å²) in [5, 5.41) is 0.258. The third-order valence-electron chi connectivity index (χ3n) is 3.41. The van der Waals surface area contributed by atoms with Crippen molar-refractivity contribution >= 4 is 52.2 Å². The standard InChI is InChI=1S/C17H10Cl2FNO2S/c18-13-4-2-1-3-10(13)7-15-16(22)21(17(23)24-15)9-11-5-6-12(20)8-14(11)19/h1-8H,9H2/b15-7-. The molecule has 1 fully saturated rings. The molecule has 1 aliphatic heterocycles. The molecule has 3 nitrogen and oxygen atoms in total. The summed E-state index contributed by atoms with van der Waals surface area (Å²) in [6.07, 6.45) is 1.58. The van der Waals surface area contributed by atoms with E-state index in [0.29, 0.717) is 16.1 Å². The Bertz CT molecular complexity index is 869. The van der Waals surface area contributed by atoms with Gasteiger partial charge in [-0.1, -0.05) is 47.5 Å². The molecular weight excluding hydrogens is 372 g/mol. The van der Waals surface area contributed by atoms with Crippen LogP contribution in [0.3, 0.4) is 0 Å². The van der Waals surface area contributed by atoms with Gasteiger partial charge in [0.1, 0.15) is 5.82 Å². The lowest BCUT2D eigenvalue weighted by Gasteiger charge is -2.13. The number of amides is 2. The summed E-state index contributed by atoms with van der Waals surface area (Å²) in [6.45, 7) is -0.0103. The predicted molar refractivity (Wildman–Crippen MR) is 94.4 cm³/mol. The number of hydrogen-bond donors (Lipinski definition) is 0. The molecule has 1 saturated heterocycles. The average Bonchev–Trinajstić information content (AvgIpc) is 2.79. The highest BCUT2D eigenvalue weighted by Gasteiger charge is 2.35. The second-order valence-electron chi connectivity index (χ2n) is 5.03. The molecule has 2 aromatic rings. The first-order valence-corrected chi connectivity index (χ1v) is 8.47. The topological polar surface area (TPSA) is 37.4 Å². The summed E-state index contributed by atoms with van der Waals surface area (Å²) >= 11 is 12.9. The summed E-state index contributed by atoms with van der Waals surface area (Å²) in [7, 11) is 0. The van der Waals surface area contributed by atoms with E-state index in [1.165, 1.54) is 12.1 Å². The van der Waals surface area contributed by atoms with E-state index in [4.69, 9.17) is 23.2 Å². The monoisotopic (exact) mass is 381 g/mol. The van der Waals surface area contributed by atoms with Crippen molar-refractivity contribution in [2.75, 3.05) is 0 Å². The first-order valence-electron chi connectivity index (χ1n) is 6.89. The minimum atomic E-state index is -0.475. The molecule has 1 aliphatic rings. The van der Waals surface area contributed by atoms with Gasteiger partial charge in [-0.3, -0.25) is 14.5 Å². The molecule has 0 spiro atoms. The van der Waals surface area contributed by atoms with Gasteiger partial charge in [-0.15, -0.1) is 0 Å². The van der Waals surface area contributed by atoms with Crippen LogP contribution in [0, 0.1) is 5.82 Å². The third kappa shape index (κ3) is 3.48. The van der Waals surface area contributed by atoms with Gasteiger partial charge in [-0.2, -0.15) is 0 Å². The molecule has 0 radical (unpaired) electrons. The van der Waals surface area contributed by atoms with Crippen LogP contribution in [0.25, 0.3) is 6.08 Å². The zero-order chi connectivity index (χ0) is 17.3. The number of benzene rings is 2. The Hall–Kier alpha value is -1.82. The van der Waals surface area contributed by atoms with Crippen molar-refractivity contribution in [2.24, 2.45) is 0 Å². The summed E-state index contributed by atoms with van der Waals surface area (Å²) in [6, 6.07) is 10.9. The number of nitrogens with zero attached hydrogens (tertiary/aromatic N) is 1. The summed E-state index contributed by atoms with van der Waals surface area (Å²) in [5.74, 6) is -0.901. The summed E-state index contributed by atoms with van der Waals surface area (Å²) < 4.78 is 13.1. The molecule has 7 heteroatoms. The lowest BCUT2D eigenvalue weighted by molar-refractivity contribution is -0.123. The van der Waals surface area contributed by atoms with Crippen molar-refractivity contribution in [1.29, 1.82) is 0 Å². The zero-order valence-electron chi connectivity index (χ0n) is 12.1. The fourth-order valence-electron chi connectivity index (χ4n) is 2.19. The van der Waals surface area contributed by atoms with Gasteiger partial charge in [0.2, 0.25) is 0 Å². The minimum absolute atomic E-state index is 0.0103. The largest absolute Gasteiger partial charge is 0.293 e. The Labute approximate surface area is 152 Å². The van der Waals surface area contributed by atoms with Crippen LogP contribution in [-0.2, 0) is 11.3 Å². The van der Waals surface area contributed by atoms with Crippen LogP contribution in [0.15, 0.2) is 47.4 Å². The Kier molecular flexibility index (Phi) is 4.94. The van der Waals surface area contributed by atoms with E-state index in [2.05, 4.69) is 0 Å². The van der Waals surface area contributed by atoms with Gasteiger partial charge >= 0.3 is 0 Å². The number of halogens is 3. The maximum atomic E-state index is 13.1. The smallest absolute Gasteiger partial charge is 0.268 e. The molecule has 0 bridgehead atoms. The van der Waals surface area contributed by atoms with E-state index in [1.807, 2.05) is 0 Å². The van der Waals surface area contributed by atoms with Crippen LogP contribution in [0.1, 0.15) is 11.1 Å². The van der Waals surface area contributed by atoms with E-state index in [1.54, 1.807) is 30.3 Å². The first kappa shape index (κ1) is 17.0. The SMILES string of the molecule is O=C1S/C(=C\c2ccccc2Cl)C(=O)N1Cc1ccc(F)cc1Cl. The Morgan fingerprint density at radius 3 is 2.54 bits per heavy atom. The molecular formula is C17H10Cl2FNO2S. The van der Waals surface area contributed by atoms with Crippen LogP contribution in [-0.4, -0.2) is 16.0 Å². The van der Waals surface area contributed by atoms with Crippen molar-refractivity contribution in [3.63, 3.8) is 0 Å². The van der Waals surface area contributed by atoms with Crippen molar-refractivity contribution in [3.8, 4) is 0 Å². The van der Waals surface area contributed by atoms with E-state index >= 15 is 0 Å². The Balaban J connectivity index is 1.85. The first-order chi connectivity index (χ1) is 11.5. The zero-order valence-corrected chi connectivity index (χ0v) is 14.5. The number of imide groups is 1. The predicted octanol–water partition coefficient (Wildman–Crippen LogP) is 5.37. The maximum Gasteiger partial charge on any atom is 0.293 e. The lowest BCUT2D eigenvalue weighted by Crippen LogP contribution is -2.27. The van der Waals surface area contributed by atoms with Gasteiger partial charge in [0.05, 0.1) is 11.4 Å². The fraction of sp³-hybridized carbons (Fsp3) is 0.0588. The fourth-order valence-corrected chi connectivity index (χ4v) is 3.44. The van der Waals surface area contributed by atoms with Gasteiger partial charge in [0.15, 0.2) is 0 Å². The number of carbonyl (C=O) groups is 2. The summed E-state index contributed by atoms with van der Waals surface area (Å²) in [5.41, 5.74) is 1.16. The van der Waals surface area contributed by atoms with Gasteiger partial charge in [0.25, 0.3) is 11.1 Å². The number of carbonyl (C=O) groups excluding carboxylic acids is 2. The van der Waals surface area contributed by atoms with Gasteiger partial charge in [-0.05, 0) is 47.2 Å². The highest BCUT2D eigenvalue weighted by Crippen LogP contribution is 2.35. The molecule has 3 rings (SSSR count). The second kappa shape index (κ2) is 6.97. The maximum absolute atomic E-state index is 13.1. The molecule has 24 heavy (non-hydrogen) atoms. The van der Waals surface area contributed by atoms with E-state index in [0.717, 1.165) is 22.7 Å². The highest BCUT2D eigenvalue weighted by atomic mass is 35.5. The molecule has 122 valence electrons. The summed E-state index contributed by atoms with van der Waals surface area (Å²) in [4.78, 5) is 26.0. The average molecular weight is 382 g/mol. The van der Waals surface area contributed by atoms with Gasteiger partial charge < -0.3 is 0 Å². The minimum Gasteiger partial charge on any atom is -0.268 e. The highest BCUT2D eigenvalue weighted by molar-refractivity contribution is 8.18. The van der Waals surface area contributed by atoms with Crippen molar-refractivity contribution in [3.05, 3.63) is 74.4 Å². The van der Waals surface area contributed by atoms with Crippen LogP contribution in [0.4, 0.5) is 9.18 Å². The number of hydrogen-bond acceptors (Lipinski definition) is 3. The molecule has 0 atom stereocenters. The van der Waals surface area contributed by atoms with Crippen molar-refractivity contribution in [2.45, 2.75) is 6.54 Å². The molecule has 0 saturated carbocycles. The van der Waals surface area contributed by atoms with Crippen molar-refractivity contribution < 1.29 is 14.0 Å². The van der Waals surface area contributed by atoms with E-state index < -0.39 is 17.0 Å². The molecule has 1 heterocycles. The second-order valence-corrected chi connectivity index (χ2v) is 6.83. The number of thioether (sulfide) groups is 1. The Morgan fingerprint density at radius 2 is 1.83 bits per heavy atom. The number of rotatable bonds is 3. The molecule has 2 aromatic carbocycles. The Morgan fingerprint density at radius 1 is 1.08 bits per heavy atom. The normalized spacial score (nSPS) is 16.3. The molecule has 0 N–H and O–H groups in total. The van der Waals surface area contributed by atoms with E-state index in [9.17, 15) is 14.0 Å². The lowest BCUT2D eigenvalue weighted by atomic mass is 10.2. The quantitative estimate of drug-likeness (QED) is 0.670. The van der Waals surface area contributed by atoms with E-state index in [-0.39, 0.29) is 16.5 Å². The van der Waals surface area contributed by atoms with Gasteiger partial charge in [0, 0.05) is 10.0 Å².